The number of hydrogen-bond donors (Lipinski definition) is 0. The zero-order chi connectivity index (χ0) is 50.1. The van der Waals surface area contributed by atoms with Gasteiger partial charge >= 0.3 is 11.9 Å². The van der Waals surface area contributed by atoms with Gasteiger partial charge in [0.25, 0.3) is 0 Å². The third kappa shape index (κ3) is 22.0. The van der Waals surface area contributed by atoms with Gasteiger partial charge in [-0.3, -0.25) is 0 Å². The summed E-state index contributed by atoms with van der Waals surface area (Å²) in [7, 11) is 0. The molecular formula is C60H90N2O4S5. The molecule has 0 saturated heterocycles. The van der Waals surface area contributed by atoms with E-state index in [1.54, 1.807) is 22.7 Å². The number of esters is 2. The maximum absolute atomic E-state index is 13.1. The van der Waals surface area contributed by atoms with Gasteiger partial charge in [-0.2, -0.15) is 0 Å². The van der Waals surface area contributed by atoms with Crippen LogP contribution < -0.4 is 0 Å². The number of unbranched alkanes of at least 4 members (excludes halogenated alkanes) is 28. The molecule has 0 unspecified atom stereocenters. The van der Waals surface area contributed by atoms with E-state index in [0.29, 0.717) is 24.6 Å². The second kappa shape index (κ2) is 36.3. The third-order valence-electron chi connectivity index (χ3n) is 13.6. The summed E-state index contributed by atoms with van der Waals surface area (Å²) in [4.78, 5) is 43.4. The lowest BCUT2D eigenvalue weighted by atomic mass is 10.0. The molecule has 0 aliphatic heterocycles. The number of aryl methyl sites for hydroxylation is 2. The molecule has 0 atom stereocenters. The van der Waals surface area contributed by atoms with Crippen LogP contribution in [0.15, 0.2) is 35.0 Å². The molecule has 6 nitrogen and oxygen atoms in total. The second-order valence-corrected chi connectivity index (χ2v) is 24.7. The second-order valence-electron chi connectivity index (χ2n) is 19.8. The van der Waals surface area contributed by atoms with Gasteiger partial charge in [0.15, 0.2) is 11.4 Å². The Bertz CT molecular complexity index is 2030. The van der Waals surface area contributed by atoms with E-state index in [0.717, 1.165) is 58.3 Å². The van der Waals surface area contributed by atoms with Gasteiger partial charge in [0.1, 0.15) is 10.0 Å². The Labute approximate surface area is 450 Å². The maximum atomic E-state index is 13.1. The Morgan fingerprint density at radius 1 is 0.394 bits per heavy atom. The molecule has 5 aromatic rings. The van der Waals surface area contributed by atoms with Crippen LogP contribution in [0.1, 0.15) is 265 Å². The summed E-state index contributed by atoms with van der Waals surface area (Å²) in [6.45, 7) is 10.0. The Hall–Kier alpha value is -2.70. The van der Waals surface area contributed by atoms with Crippen molar-refractivity contribution in [1.29, 1.82) is 0 Å². The number of thiazole rings is 2. The Morgan fingerprint density at radius 2 is 0.704 bits per heavy atom. The van der Waals surface area contributed by atoms with E-state index < -0.39 is 0 Å². The number of carbonyl (C=O) groups excluding carboxylic acids is 2. The maximum Gasteiger partial charge on any atom is 0.357 e. The molecule has 0 N–H and O–H groups in total. The van der Waals surface area contributed by atoms with Crippen LogP contribution in [0.2, 0.25) is 0 Å². The predicted molar refractivity (Wildman–Crippen MR) is 312 cm³/mol. The van der Waals surface area contributed by atoms with Crippen molar-refractivity contribution in [3.05, 3.63) is 57.5 Å². The van der Waals surface area contributed by atoms with E-state index in [1.807, 2.05) is 44.8 Å². The van der Waals surface area contributed by atoms with Crippen LogP contribution in [0.5, 0.6) is 0 Å². The van der Waals surface area contributed by atoms with Crippen molar-refractivity contribution in [2.45, 2.75) is 246 Å². The fourth-order valence-corrected chi connectivity index (χ4v) is 14.7. The molecule has 5 heterocycles. The van der Waals surface area contributed by atoms with Crippen LogP contribution in [0, 0.1) is 0 Å². The van der Waals surface area contributed by atoms with Crippen molar-refractivity contribution in [1.82, 2.24) is 9.97 Å². The van der Waals surface area contributed by atoms with Crippen LogP contribution in [-0.4, -0.2) is 35.1 Å². The minimum Gasteiger partial charge on any atom is -0.461 e. The molecule has 0 spiro atoms. The van der Waals surface area contributed by atoms with Crippen LogP contribution in [0.4, 0.5) is 0 Å². The van der Waals surface area contributed by atoms with E-state index in [4.69, 9.17) is 19.4 Å². The van der Waals surface area contributed by atoms with Gasteiger partial charge in [0, 0.05) is 30.3 Å². The molecule has 0 aliphatic rings. The first-order valence-corrected chi connectivity index (χ1v) is 32.8. The standard InChI is InChI=1S/C60H90N2O4S5/c1-5-9-13-17-21-23-25-27-31-35-41-65-59(63)49-45-67-57(61-49)53-43-47(37-33-29-19-15-11-7-3)55(70-53)51-39-40-52(69-51)56-48(38-34-30-20-16-12-8-4)44-54(71-56)58-62-50(46-68-58)60(64)66-42-36-32-28-26-24-22-18-14-10-6-2/h39-40,43-46H,5-38,41-42H2,1-4H3. The van der Waals surface area contributed by atoms with Gasteiger partial charge < -0.3 is 9.47 Å². The number of ether oxygens (including phenoxy) is 2. The summed E-state index contributed by atoms with van der Waals surface area (Å²) in [6, 6.07) is 9.33. The van der Waals surface area contributed by atoms with Gasteiger partial charge in [-0.05, 0) is 73.9 Å². The van der Waals surface area contributed by atoms with Gasteiger partial charge in [-0.1, -0.05) is 207 Å². The first-order valence-electron chi connectivity index (χ1n) is 28.6. The Morgan fingerprint density at radius 3 is 1.04 bits per heavy atom. The molecule has 5 aromatic heterocycles. The topological polar surface area (TPSA) is 78.4 Å². The highest BCUT2D eigenvalue weighted by atomic mass is 32.1. The largest absolute Gasteiger partial charge is 0.461 e. The van der Waals surface area contributed by atoms with Crippen molar-refractivity contribution in [2.24, 2.45) is 0 Å². The zero-order valence-corrected chi connectivity index (χ0v) is 48.6. The van der Waals surface area contributed by atoms with Crippen molar-refractivity contribution in [3.8, 4) is 39.3 Å². The Balaban J connectivity index is 1.24. The number of nitrogens with zero attached hydrogens (tertiary/aromatic N) is 2. The van der Waals surface area contributed by atoms with Crippen LogP contribution in [0.3, 0.4) is 0 Å². The number of aromatic nitrogens is 2. The molecule has 0 fully saturated rings. The first-order chi connectivity index (χ1) is 34.9. The summed E-state index contributed by atoms with van der Waals surface area (Å²) >= 11 is 8.61. The van der Waals surface area contributed by atoms with Crippen LogP contribution in [-0.2, 0) is 22.3 Å². The average molecular weight is 1060 g/mol. The van der Waals surface area contributed by atoms with E-state index in [9.17, 15) is 9.59 Å². The highest BCUT2D eigenvalue weighted by Crippen LogP contribution is 2.47. The van der Waals surface area contributed by atoms with Crippen LogP contribution >= 0.6 is 56.7 Å². The predicted octanol–water partition coefficient (Wildman–Crippen LogP) is 21.4. The smallest absolute Gasteiger partial charge is 0.357 e. The molecule has 71 heavy (non-hydrogen) atoms. The van der Waals surface area contributed by atoms with Crippen LogP contribution in [0.25, 0.3) is 39.3 Å². The monoisotopic (exact) mass is 1060 g/mol. The quantitative estimate of drug-likeness (QED) is 0.0286. The van der Waals surface area contributed by atoms with E-state index in [1.165, 1.54) is 210 Å². The highest BCUT2D eigenvalue weighted by molar-refractivity contribution is 7.29. The fraction of sp³-hybridized carbons (Fsp3) is 0.667. The van der Waals surface area contributed by atoms with Crippen molar-refractivity contribution < 1.29 is 19.1 Å². The lowest BCUT2D eigenvalue weighted by Crippen LogP contribution is -2.06. The average Bonchev–Trinajstić information content (AvgIpc) is 4.25. The Kier molecular flexibility index (Phi) is 30.2. The van der Waals surface area contributed by atoms with E-state index in [2.05, 4.69) is 52.0 Å². The van der Waals surface area contributed by atoms with Crippen molar-refractivity contribution in [2.75, 3.05) is 13.2 Å². The summed E-state index contributed by atoms with van der Waals surface area (Å²) in [6.07, 6.45) is 42.2. The summed E-state index contributed by atoms with van der Waals surface area (Å²) in [5.74, 6) is -0.619. The summed E-state index contributed by atoms with van der Waals surface area (Å²) < 4.78 is 11.4. The van der Waals surface area contributed by atoms with Gasteiger partial charge in [-0.15, -0.1) is 56.7 Å². The summed E-state index contributed by atoms with van der Waals surface area (Å²) in [5.41, 5.74) is 3.60. The number of thiophene rings is 3. The fourth-order valence-electron chi connectivity index (χ4n) is 9.25. The van der Waals surface area contributed by atoms with Gasteiger partial charge in [-0.25, -0.2) is 19.6 Å². The van der Waals surface area contributed by atoms with Crippen molar-refractivity contribution >= 4 is 68.6 Å². The minimum atomic E-state index is -0.309. The third-order valence-corrected chi connectivity index (χ3v) is 19.4. The van der Waals surface area contributed by atoms with Crippen molar-refractivity contribution in [3.63, 3.8) is 0 Å². The molecule has 394 valence electrons. The molecule has 11 heteroatoms. The summed E-state index contributed by atoms with van der Waals surface area (Å²) in [5, 5.41) is 5.53. The molecular weight excluding hydrogens is 973 g/mol. The first kappa shape index (κ1) is 59.2. The SMILES string of the molecule is CCCCCCCCCCCCOC(=O)c1csc(-c2cc(CCCCCCCC)c(-c3ccc(-c4sc(-c5nc(C(=O)OCCCCCCCCCCCC)cs5)cc4CCCCCCCC)s3)s2)n1. The van der Waals surface area contributed by atoms with Gasteiger partial charge in [0.05, 0.1) is 23.0 Å². The number of carbonyl (C=O) groups is 2. The minimum absolute atomic E-state index is 0.309. The lowest BCUT2D eigenvalue weighted by molar-refractivity contribution is 0.0482. The van der Waals surface area contributed by atoms with E-state index >= 15 is 0 Å². The lowest BCUT2D eigenvalue weighted by Gasteiger charge is -2.04. The molecule has 0 bridgehead atoms. The molecule has 0 radical (unpaired) electrons. The number of rotatable bonds is 42. The molecule has 0 aliphatic carbocycles. The zero-order valence-electron chi connectivity index (χ0n) is 44.5. The molecule has 0 saturated carbocycles. The molecule has 5 rings (SSSR count). The van der Waals surface area contributed by atoms with E-state index in [-0.39, 0.29) is 11.9 Å². The highest BCUT2D eigenvalue weighted by Gasteiger charge is 2.22. The normalized spacial score (nSPS) is 11.5. The molecule has 0 aromatic carbocycles. The molecule has 0 amide bonds. The van der Waals surface area contributed by atoms with Gasteiger partial charge in [0.2, 0.25) is 0 Å². The number of hydrogen-bond acceptors (Lipinski definition) is 11.